The topological polar surface area (TPSA) is 90.1 Å². The number of hydrogen-bond donors (Lipinski definition) is 1. The number of nitrogens with one attached hydrogen (secondary N) is 1. The number of thioether (sulfide) groups is 1. The summed E-state index contributed by atoms with van der Waals surface area (Å²) in [6, 6.07) is 12.7. The van der Waals surface area contributed by atoms with Gasteiger partial charge in [-0.25, -0.2) is 4.68 Å². The van der Waals surface area contributed by atoms with Crippen LogP contribution in [0.1, 0.15) is 21.6 Å². The summed E-state index contributed by atoms with van der Waals surface area (Å²) in [5, 5.41) is 18.9. The van der Waals surface area contributed by atoms with Crippen LogP contribution in [0.15, 0.2) is 48.5 Å². The molecule has 0 spiro atoms. The summed E-state index contributed by atoms with van der Waals surface area (Å²) < 4.78 is 1.70. The van der Waals surface area contributed by atoms with E-state index in [4.69, 9.17) is 11.6 Å². The SMILES string of the molecule is O=C(Nc1c2c(nn1-c1ccc(Cl)cc1)CSC2)c1ccc([N+](=O)[O-])cc1. The highest BCUT2D eigenvalue weighted by molar-refractivity contribution is 7.98. The zero-order valence-electron chi connectivity index (χ0n) is 13.9. The Hall–Kier alpha value is -2.84. The molecule has 0 saturated heterocycles. The second kappa shape index (κ2) is 7.05. The first-order valence-corrected chi connectivity index (χ1v) is 9.56. The lowest BCUT2D eigenvalue weighted by atomic mass is 10.2. The summed E-state index contributed by atoms with van der Waals surface area (Å²) in [6.07, 6.45) is 0. The van der Waals surface area contributed by atoms with Crippen molar-refractivity contribution in [2.75, 3.05) is 5.32 Å². The Bertz CT molecular complexity index is 1030. The van der Waals surface area contributed by atoms with Gasteiger partial charge in [0, 0.05) is 39.8 Å². The van der Waals surface area contributed by atoms with E-state index in [1.165, 1.54) is 24.3 Å². The van der Waals surface area contributed by atoms with Crippen molar-refractivity contribution in [2.45, 2.75) is 11.5 Å². The number of nitro groups is 1. The monoisotopic (exact) mass is 400 g/mol. The third kappa shape index (κ3) is 3.41. The van der Waals surface area contributed by atoms with Crippen LogP contribution in [0.25, 0.3) is 5.69 Å². The van der Waals surface area contributed by atoms with Crippen LogP contribution in [-0.4, -0.2) is 20.6 Å². The molecule has 136 valence electrons. The molecule has 3 aromatic rings. The predicted molar refractivity (Wildman–Crippen MR) is 105 cm³/mol. The van der Waals surface area contributed by atoms with E-state index >= 15 is 0 Å². The zero-order valence-corrected chi connectivity index (χ0v) is 15.5. The third-order valence-electron chi connectivity index (χ3n) is 4.20. The van der Waals surface area contributed by atoms with Gasteiger partial charge in [-0.1, -0.05) is 11.6 Å². The van der Waals surface area contributed by atoms with E-state index in [1.54, 1.807) is 28.6 Å². The molecule has 2 heterocycles. The number of aromatic nitrogens is 2. The Morgan fingerprint density at radius 2 is 1.85 bits per heavy atom. The largest absolute Gasteiger partial charge is 0.306 e. The van der Waals surface area contributed by atoms with Crippen LogP contribution < -0.4 is 5.32 Å². The lowest BCUT2D eigenvalue weighted by Gasteiger charge is -2.11. The maximum Gasteiger partial charge on any atom is 0.269 e. The first kappa shape index (κ1) is 17.6. The first-order chi connectivity index (χ1) is 13.0. The van der Waals surface area contributed by atoms with Crippen LogP contribution in [0.4, 0.5) is 11.5 Å². The molecular formula is C18H13ClN4O3S. The molecule has 1 aliphatic rings. The van der Waals surface area contributed by atoms with Gasteiger partial charge < -0.3 is 5.32 Å². The molecule has 2 aromatic carbocycles. The van der Waals surface area contributed by atoms with Crippen molar-refractivity contribution in [3.63, 3.8) is 0 Å². The number of rotatable bonds is 4. The van der Waals surface area contributed by atoms with Crippen molar-refractivity contribution in [3.8, 4) is 5.69 Å². The molecular weight excluding hydrogens is 388 g/mol. The molecule has 7 nitrogen and oxygen atoms in total. The molecule has 0 saturated carbocycles. The summed E-state index contributed by atoms with van der Waals surface area (Å²) in [5.41, 5.74) is 3.00. The highest BCUT2D eigenvalue weighted by atomic mass is 35.5. The summed E-state index contributed by atoms with van der Waals surface area (Å²) in [4.78, 5) is 23.0. The molecule has 1 N–H and O–H groups in total. The first-order valence-electron chi connectivity index (χ1n) is 8.03. The van der Waals surface area contributed by atoms with Gasteiger partial charge in [-0.3, -0.25) is 14.9 Å². The van der Waals surface area contributed by atoms with E-state index < -0.39 is 4.92 Å². The average Bonchev–Trinajstić information content (AvgIpc) is 3.25. The third-order valence-corrected chi connectivity index (χ3v) is 5.42. The van der Waals surface area contributed by atoms with Gasteiger partial charge in [0.1, 0.15) is 5.82 Å². The number of carbonyl (C=O) groups is 1. The van der Waals surface area contributed by atoms with Crippen molar-refractivity contribution >= 4 is 40.8 Å². The molecule has 1 aliphatic heterocycles. The van der Waals surface area contributed by atoms with Gasteiger partial charge in [-0.15, -0.1) is 0 Å². The molecule has 0 radical (unpaired) electrons. The number of hydrogen-bond acceptors (Lipinski definition) is 5. The highest BCUT2D eigenvalue weighted by Gasteiger charge is 2.25. The van der Waals surface area contributed by atoms with Gasteiger partial charge >= 0.3 is 0 Å². The summed E-state index contributed by atoms with van der Waals surface area (Å²) in [5.74, 6) is 1.81. The minimum Gasteiger partial charge on any atom is -0.306 e. The van der Waals surface area contributed by atoms with Crippen LogP contribution in [0.2, 0.25) is 5.02 Å². The molecule has 4 rings (SSSR count). The standard InChI is InChI=1S/C18H13ClN4O3S/c19-12-3-7-13(8-4-12)22-17(15-9-27-10-16(15)21-22)20-18(24)11-1-5-14(6-2-11)23(25)26/h1-8H,9-10H2,(H,20,24). The Labute approximate surface area is 163 Å². The molecule has 0 atom stereocenters. The van der Waals surface area contributed by atoms with Gasteiger partial charge in [0.05, 0.1) is 16.3 Å². The number of non-ortho nitro benzene ring substituents is 1. The van der Waals surface area contributed by atoms with Crippen LogP contribution in [0.3, 0.4) is 0 Å². The minimum atomic E-state index is -0.499. The Morgan fingerprint density at radius 3 is 2.52 bits per heavy atom. The fourth-order valence-corrected chi connectivity index (χ4v) is 3.99. The quantitative estimate of drug-likeness (QED) is 0.516. The summed E-state index contributed by atoms with van der Waals surface area (Å²) >= 11 is 7.70. The molecule has 1 aromatic heterocycles. The Kier molecular flexibility index (Phi) is 4.59. The molecule has 1 amide bonds. The number of anilines is 1. The van der Waals surface area contributed by atoms with E-state index in [9.17, 15) is 14.9 Å². The van der Waals surface area contributed by atoms with Crippen LogP contribution in [0.5, 0.6) is 0 Å². The second-order valence-electron chi connectivity index (χ2n) is 5.91. The van der Waals surface area contributed by atoms with Crippen molar-refractivity contribution < 1.29 is 9.72 Å². The number of halogens is 1. The van der Waals surface area contributed by atoms with Crippen LogP contribution >= 0.6 is 23.4 Å². The fraction of sp³-hybridized carbons (Fsp3) is 0.111. The second-order valence-corrected chi connectivity index (χ2v) is 7.34. The zero-order chi connectivity index (χ0) is 19.0. The van der Waals surface area contributed by atoms with Crippen molar-refractivity contribution in [1.29, 1.82) is 0 Å². The normalized spacial score (nSPS) is 12.6. The Morgan fingerprint density at radius 1 is 1.15 bits per heavy atom. The molecule has 0 unspecified atom stereocenters. The van der Waals surface area contributed by atoms with E-state index in [2.05, 4.69) is 10.4 Å². The number of nitrogens with zero attached hydrogens (tertiary/aromatic N) is 3. The summed E-state index contributed by atoms with van der Waals surface area (Å²) in [7, 11) is 0. The molecule has 0 fully saturated rings. The number of benzene rings is 2. The van der Waals surface area contributed by atoms with Gasteiger partial charge in [-0.05, 0) is 36.4 Å². The van der Waals surface area contributed by atoms with E-state index in [0.29, 0.717) is 16.4 Å². The van der Waals surface area contributed by atoms with Gasteiger partial charge in [-0.2, -0.15) is 16.9 Å². The smallest absolute Gasteiger partial charge is 0.269 e. The van der Waals surface area contributed by atoms with Crippen molar-refractivity contribution in [2.24, 2.45) is 0 Å². The van der Waals surface area contributed by atoms with Crippen molar-refractivity contribution in [1.82, 2.24) is 9.78 Å². The van der Waals surface area contributed by atoms with E-state index in [1.807, 2.05) is 12.1 Å². The summed E-state index contributed by atoms with van der Waals surface area (Å²) in [6.45, 7) is 0. The highest BCUT2D eigenvalue weighted by Crippen LogP contribution is 2.36. The van der Waals surface area contributed by atoms with Gasteiger partial charge in [0.15, 0.2) is 0 Å². The molecule has 27 heavy (non-hydrogen) atoms. The van der Waals surface area contributed by atoms with Gasteiger partial charge in [0.2, 0.25) is 0 Å². The molecule has 0 bridgehead atoms. The number of amides is 1. The number of nitro benzene ring substituents is 1. The maximum absolute atomic E-state index is 12.7. The minimum absolute atomic E-state index is 0.0601. The fourth-order valence-electron chi connectivity index (χ4n) is 2.82. The lowest BCUT2D eigenvalue weighted by Crippen LogP contribution is -2.16. The number of carbonyl (C=O) groups excluding carboxylic acids is 1. The average molecular weight is 401 g/mol. The van der Waals surface area contributed by atoms with Gasteiger partial charge in [0.25, 0.3) is 11.6 Å². The van der Waals surface area contributed by atoms with Crippen LogP contribution in [0, 0.1) is 10.1 Å². The molecule has 9 heteroatoms. The van der Waals surface area contributed by atoms with Crippen molar-refractivity contribution in [3.05, 3.63) is 80.5 Å². The van der Waals surface area contributed by atoms with Crippen LogP contribution in [-0.2, 0) is 11.5 Å². The van der Waals surface area contributed by atoms with E-state index in [-0.39, 0.29) is 11.6 Å². The number of fused-ring (bicyclic) bond motifs is 1. The lowest BCUT2D eigenvalue weighted by molar-refractivity contribution is -0.384. The predicted octanol–water partition coefficient (Wildman–Crippen LogP) is 4.43. The maximum atomic E-state index is 12.7. The molecule has 0 aliphatic carbocycles. The van der Waals surface area contributed by atoms with E-state index in [0.717, 1.165) is 28.5 Å². The Balaban J connectivity index is 1.67.